The van der Waals surface area contributed by atoms with Crippen molar-refractivity contribution in [3.63, 3.8) is 0 Å². The molecule has 1 aromatic carbocycles. The van der Waals surface area contributed by atoms with E-state index >= 15 is 0 Å². The van der Waals surface area contributed by atoms with Crippen LogP contribution in [-0.4, -0.2) is 39.3 Å². The highest BCUT2D eigenvalue weighted by molar-refractivity contribution is 5.63. The van der Waals surface area contributed by atoms with E-state index in [1.807, 2.05) is 0 Å². The third-order valence-corrected chi connectivity index (χ3v) is 4.41. The Morgan fingerprint density at radius 2 is 2.05 bits per heavy atom. The summed E-state index contributed by atoms with van der Waals surface area (Å²) >= 11 is 0. The molecule has 2 rings (SSSR count). The van der Waals surface area contributed by atoms with E-state index in [2.05, 4.69) is 75.1 Å². The predicted molar refractivity (Wildman–Crippen MR) is 93.6 cm³/mol. The molecule has 1 N–H and O–H groups in total. The molecule has 0 aliphatic carbocycles. The van der Waals surface area contributed by atoms with E-state index in [1.165, 1.54) is 23.4 Å². The Morgan fingerprint density at radius 3 is 2.67 bits per heavy atom. The molecule has 3 nitrogen and oxygen atoms in total. The number of aryl methyl sites for hydroxylation is 1. The van der Waals surface area contributed by atoms with Crippen LogP contribution in [0.25, 0.3) is 0 Å². The highest BCUT2D eigenvalue weighted by atomic mass is 15.2. The van der Waals surface area contributed by atoms with E-state index in [4.69, 9.17) is 0 Å². The van der Waals surface area contributed by atoms with Gasteiger partial charge < -0.3 is 15.1 Å². The van der Waals surface area contributed by atoms with Crippen LogP contribution in [0.2, 0.25) is 0 Å². The van der Waals surface area contributed by atoms with Crippen molar-refractivity contribution in [1.29, 1.82) is 0 Å². The molecule has 3 heteroatoms. The van der Waals surface area contributed by atoms with E-state index < -0.39 is 0 Å². The molecule has 1 fully saturated rings. The molecule has 0 radical (unpaired) electrons. The van der Waals surface area contributed by atoms with E-state index in [1.54, 1.807) is 0 Å². The van der Waals surface area contributed by atoms with Crippen molar-refractivity contribution in [2.24, 2.45) is 5.92 Å². The topological polar surface area (TPSA) is 18.5 Å². The number of nitrogens with zero attached hydrogens (tertiary/aromatic N) is 2. The standard InChI is InChI=1S/C18H31N3/c1-13(2)9-16-12-21(15(4)11-19-16)17-8-7-14(3)18(10-17)20(5)6/h7-8,10,13,15-16,19H,9,11-12H2,1-6H3. The first kappa shape index (κ1) is 16.2. The molecular weight excluding hydrogens is 258 g/mol. The molecule has 0 aromatic heterocycles. The average Bonchev–Trinajstić information content (AvgIpc) is 2.41. The summed E-state index contributed by atoms with van der Waals surface area (Å²) in [4.78, 5) is 4.77. The maximum absolute atomic E-state index is 3.70. The Hall–Kier alpha value is -1.22. The van der Waals surface area contributed by atoms with Crippen LogP contribution < -0.4 is 15.1 Å². The lowest BCUT2D eigenvalue weighted by Gasteiger charge is -2.41. The van der Waals surface area contributed by atoms with Gasteiger partial charge in [-0.15, -0.1) is 0 Å². The maximum Gasteiger partial charge on any atom is 0.0411 e. The fourth-order valence-electron chi connectivity index (χ4n) is 3.27. The summed E-state index contributed by atoms with van der Waals surface area (Å²) in [7, 11) is 4.24. The minimum absolute atomic E-state index is 0.547. The van der Waals surface area contributed by atoms with E-state index in [0.717, 1.165) is 19.0 Å². The molecule has 0 bridgehead atoms. The molecule has 0 saturated carbocycles. The Balaban J connectivity index is 2.20. The predicted octanol–water partition coefficient (Wildman–Crippen LogP) is 3.27. The summed E-state index contributed by atoms with van der Waals surface area (Å²) in [6.07, 6.45) is 1.25. The lowest BCUT2D eigenvalue weighted by molar-refractivity contribution is 0.356. The largest absolute Gasteiger partial charge is 0.377 e. The third-order valence-electron chi connectivity index (χ3n) is 4.41. The van der Waals surface area contributed by atoms with Crippen LogP contribution in [0.4, 0.5) is 11.4 Å². The first-order chi connectivity index (χ1) is 9.88. The second-order valence-electron chi connectivity index (χ2n) is 7.10. The molecule has 1 aliphatic rings. The fourth-order valence-corrected chi connectivity index (χ4v) is 3.27. The fraction of sp³-hybridized carbons (Fsp3) is 0.667. The van der Waals surface area contributed by atoms with E-state index in [-0.39, 0.29) is 0 Å². The van der Waals surface area contributed by atoms with Gasteiger partial charge in [0.15, 0.2) is 0 Å². The second kappa shape index (κ2) is 6.69. The Morgan fingerprint density at radius 1 is 1.33 bits per heavy atom. The summed E-state index contributed by atoms with van der Waals surface area (Å²) in [5.41, 5.74) is 4.01. The van der Waals surface area contributed by atoms with Crippen molar-refractivity contribution >= 4 is 11.4 Å². The van der Waals surface area contributed by atoms with Crippen molar-refractivity contribution in [3.05, 3.63) is 23.8 Å². The number of piperazine rings is 1. The summed E-state index contributed by atoms with van der Waals surface area (Å²) in [5, 5.41) is 3.70. The molecule has 0 amide bonds. The molecule has 1 aliphatic heterocycles. The van der Waals surface area contributed by atoms with Crippen molar-refractivity contribution in [2.45, 2.75) is 46.2 Å². The van der Waals surface area contributed by atoms with Gasteiger partial charge in [0.2, 0.25) is 0 Å². The Bertz CT molecular complexity index is 468. The summed E-state index contributed by atoms with van der Waals surface area (Å²) in [5.74, 6) is 0.744. The Kier molecular flexibility index (Phi) is 5.15. The smallest absolute Gasteiger partial charge is 0.0411 e. The van der Waals surface area contributed by atoms with Gasteiger partial charge in [-0.05, 0) is 43.9 Å². The molecule has 1 aromatic rings. The van der Waals surface area contributed by atoms with Crippen molar-refractivity contribution < 1.29 is 0 Å². The highest BCUT2D eigenvalue weighted by Gasteiger charge is 2.25. The number of hydrogen-bond acceptors (Lipinski definition) is 3. The normalized spacial score (nSPS) is 22.7. The van der Waals surface area contributed by atoms with Crippen LogP contribution in [0.5, 0.6) is 0 Å². The van der Waals surface area contributed by atoms with Crippen molar-refractivity contribution in [2.75, 3.05) is 37.0 Å². The van der Waals surface area contributed by atoms with Crippen LogP contribution in [0, 0.1) is 12.8 Å². The number of anilines is 2. The first-order valence-electron chi connectivity index (χ1n) is 8.16. The summed E-state index contributed by atoms with van der Waals surface area (Å²) in [6, 6.07) is 8.01. The lowest BCUT2D eigenvalue weighted by Crippen LogP contribution is -2.56. The maximum atomic E-state index is 3.70. The second-order valence-corrected chi connectivity index (χ2v) is 7.10. The van der Waals surface area contributed by atoms with Gasteiger partial charge in [0.25, 0.3) is 0 Å². The van der Waals surface area contributed by atoms with Crippen LogP contribution >= 0.6 is 0 Å². The molecule has 21 heavy (non-hydrogen) atoms. The lowest BCUT2D eigenvalue weighted by atomic mass is 9.99. The number of nitrogens with one attached hydrogen (secondary N) is 1. The molecule has 2 unspecified atom stereocenters. The summed E-state index contributed by atoms with van der Waals surface area (Å²) in [6.45, 7) is 11.3. The van der Waals surface area contributed by atoms with Gasteiger partial charge in [0, 0.05) is 50.6 Å². The molecule has 2 atom stereocenters. The molecule has 118 valence electrons. The molecule has 1 saturated heterocycles. The van der Waals surface area contributed by atoms with Gasteiger partial charge in [0.05, 0.1) is 0 Å². The van der Waals surface area contributed by atoms with Crippen LogP contribution in [0.1, 0.15) is 32.8 Å². The van der Waals surface area contributed by atoms with Gasteiger partial charge in [0.1, 0.15) is 0 Å². The zero-order valence-corrected chi connectivity index (χ0v) is 14.5. The van der Waals surface area contributed by atoms with E-state index in [0.29, 0.717) is 12.1 Å². The molecule has 0 spiro atoms. The van der Waals surface area contributed by atoms with Crippen LogP contribution in [0.15, 0.2) is 18.2 Å². The highest BCUT2D eigenvalue weighted by Crippen LogP contribution is 2.28. The first-order valence-corrected chi connectivity index (χ1v) is 8.16. The number of benzene rings is 1. The zero-order chi connectivity index (χ0) is 15.6. The minimum atomic E-state index is 0.547. The van der Waals surface area contributed by atoms with Crippen molar-refractivity contribution in [1.82, 2.24) is 5.32 Å². The quantitative estimate of drug-likeness (QED) is 0.918. The van der Waals surface area contributed by atoms with Crippen molar-refractivity contribution in [3.8, 4) is 0 Å². The van der Waals surface area contributed by atoms with Gasteiger partial charge in [-0.25, -0.2) is 0 Å². The minimum Gasteiger partial charge on any atom is -0.377 e. The third kappa shape index (κ3) is 3.91. The number of rotatable bonds is 4. The van der Waals surface area contributed by atoms with Crippen LogP contribution in [-0.2, 0) is 0 Å². The SMILES string of the molecule is Cc1ccc(N2CC(CC(C)C)NCC2C)cc1N(C)C. The van der Waals surface area contributed by atoms with E-state index in [9.17, 15) is 0 Å². The van der Waals surface area contributed by atoms with Gasteiger partial charge >= 0.3 is 0 Å². The van der Waals surface area contributed by atoms with Gasteiger partial charge in [-0.2, -0.15) is 0 Å². The Labute approximate surface area is 130 Å². The summed E-state index contributed by atoms with van der Waals surface area (Å²) < 4.78 is 0. The van der Waals surface area contributed by atoms with Crippen LogP contribution in [0.3, 0.4) is 0 Å². The molecule has 1 heterocycles. The number of hydrogen-bond donors (Lipinski definition) is 1. The zero-order valence-electron chi connectivity index (χ0n) is 14.5. The van der Waals surface area contributed by atoms with Gasteiger partial charge in [-0.1, -0.05) is 19.9 Å². The monoisotopic (exact) mass is 289 g/mol. The molecular formula is C18H31N3. The average molecular weight is 289 g/mol. The van der Waals surface area contributed by atoms with Gasteiger partial charge in [-0.3, -0.25) is 0 Å².